The number of esters is 1. The maximum absolute atomic E-state index is 12.9. The van der Waals surface area contributed by atoms with E-state index in [-0.39, 0.29) is 27.0 Å². The molecule has 0 saturated heterocycles. The molecule has 0 N–H and O–H groups in total. The molecule has 0 saturated carbocycles. The van der Waals surface area contributed by atoms with Gasteiger partial charge in [-0.15, -0.1) is 0 Å². The highest BCUT2D eigenvalue weighted by molar-refractivity contribution is 7.90. The second kappa shape index (κ2) is 7.40. The lowest BCUT2D eigenvalue weighted by atomic mass is 10.1. The van der Waals surface area contributed by atoms with Crippen molar-refractivity contribution in [3.8, 4) is 11.5 Å². The molecule has 2 aromatic rings. The van der Waals surface area contributed by atoms with Gasteiger partial charge in [0.2, 0.25) is 0 Å². The molecule has 2 aromatic carbocycles. The number of sulfone groups is 1. The van der Waals surface area contributed by atoms with Gasteiger partial charge in [-0.3, -0.25) is 0 Å². The van der Waals surface area contributed by atoms with E-state index in [1.54, 1.807) is 0 Å². The molecule has 0 amide bonds. The van der Waals surface area contributed by atoms with Gasteiger partial charge in [0.15, 0.2) is 9.84 Å². The lowest BCUT2D eigenvalue weighted by molar-refractivity contribution is -0.137. The molecule has 0 bridgehead atoms. The average Bonchev–Trinajstić information content (AvgIpc) is 2.54. The fraction of sp³-hybridized carbons (Fsp3) is 0.235. The Hall–Kier alpha value is -2.26. The van der Waals surface area contributed by atoms with Gasteiger partial charge >= 0.3 is 12.1 Å². The molecule has 0 aliphatic carbocycles. The van der Waals surface area contributed by atoms with Crippen LogP contribution >= 0.6 is 11.6 Å². The third-order valence-corrected chi connectivity index (χ3v) is 5.00. The lowest BCUT2D eigenvalue weighted by Crippen LogP contribution is -2.09. The van der Waals surface area contributed by atoms with E-state index in [4.69, 9.17) is 16.3 Å². The first kappa shape index (κ1) is 21.0. The Balaban J connectivity index is 2.63. The van der Waals surface area contributed by atoms with E-state index in [0.29, 0.717) is 11.6 Å². The largest absolute Gasteiger partial charge is 0.465 e. The highest BCUT2D eigenvalue weighted by Crippen LogP contribution is 2.39. The Kier molecular flexibility index (Phi) is 5.77. The monoisotopic (exact) mass is 422 g/mol. The third kappa shape index (κ3) is 4.72. The summed E-state index contributed by atoms with van der Waals surface area (Å²) in [6.07, 6.45) is -3.76. The number of benzene rings is 2. The Morgan fingerprint density at radius 1 is 1.11 bits per heavy atom. The number of hydrogen-bond donors (Lipinski definition) is 0. The minimum absolute atomic E-state index is 0.0135. The molecule has 0 aromatic heterocycles. The van der Waals surface area contributed by atoms with E-state index < -0.39 is 27.5 Å². The number of rotatable bonds is 4. The van der Waals surface area contributed by atoms with Gasteiger partial charge in [-0.2, -0.15) is 13.2 Å². The second-order valence-corrected chi connectivity index (χ2v) is 8.01. The van der Waals surface area contributed by atoms with E-state index in [9.17, 15) is 26.4 Å². The maximum Gasteiger partial charge on any atom is 0.416 e. The maximum atomic E-state index is 12.9. The Morgan fingerprint density at radius 2 is 1.74 bits per heavy atom. The number of methoxy groups -OCH3 is 1. The zero-order valence-electron chi connectivity index (χ0n) is 14.3. The van der Waals surface area contributed by atoms with Gasteiger partial charge in [0.1, 0.15) is 16.4 Å². The molecular formula is C17H14ClF3O5S. The van der Waals surface area contributed by atoms with Crippen LogP contribution in [0, 0.1) is 6.92 Å². The molecule has 27 heavy (non-hydrogen) atoms. The third-order valence-electron chi connectivity index (χ3n) is 3.57. The van der Waals surface area contributed by atoms with Gasteiger partial charge in [0, 0.05) is 6.26 Å². The molecule has 0 heterocycles. The van der Waals surface area contributed by atoms with Crippen molar-refractivity contribution in [1.82, 2.24) is 0 Å². The van der Waals surface area contributed by atoms with Crippen LogP contribution in [-0.2, 0) is 20.8 Å². The van der Waals surface area contributed by atoms with Crippen LogP contribution in [0.3, 0.4) is 0 Å². The van der Waals surface area contributed by atoms with Crippen molar-refractivity contribution in [2.45, 2.75) is 18.0 Å². The molecule has 146 valence electrons. The molecule has 2 rings (SSSR count). The smallest absolute Gasteiger partial charge is 0.416 e. The molecule has 0 aliphatic heterocycles. The number of aryl methyl sites for hydroxylation is 1. The van der Waals surface area contributed by atoms with Gasteiger partial charge in [0.05, 0.1) is 23.3 Å². The lowest BCUT2D eigenvalue weighted by Gasteiger charge is -2.15. The van der Waals surface area contributed by atoms with Crippen LogP contribution in [0.2, 0.25) is 5.02 Å². The molecule has 10 heteroatoms. The van der Waals surface area contributed by atoms with Crippen LogP contribution in [-0.4, -0.2) is 27.8 Å². The number of halogens is 4. The zero-order chi connectivity index (χ0) is 20.6. The first-order valence-corrected chi connectivity index (χ1v) is 9.59. The summed E-state index contributed by atoms with van der Waals surface area (Å²) in [5, 5.41) is -0.142. The summed E-state index contributed by atoms with van der Waals surface area (Å²) in [6, 6.07) is 4.71. The van der Waals surface area contributed by atoms with Crippen molar-refractivity contribution < 1.29 is 35.9 Å². The van der Waals surface area contributed by atoms with Gasteiger partial charge < -0.3 is 9.47 Å². The molecule has 0 fully saturated rings. The zero-order valence-corrected chi connectivity index (χ0v) is 15.9. The van der Waals surface area contributed by atoms with E-state index in [1.807, 2.05) is 0 Å². The number of carbonyl (C=O) groups excluding carboxylic acids is 1. The Bertz CT molecular complexity index is 1000. The van der Waals surface area contributed by atoms with Crippen LogP contribution in [0.5, 0.6) is 11.5 Å². The summed E-state index contributed by atoms with van der Waals surface area (Å²) in [6.45, 7) is 1.50. The first-order chi connectivity index (χ1) is 12.3. The Morgan fingerprint density at radius 3 is 2.26 bits per heavy atom. The average molecular weight is 423 g/mol. The standard InChI is InChI=1S/C17H14ClF3O5S/c1-9-6-14(15(27(3,23)24)8-11(9)16(22)25-2)26-13-7-10(17(19,20)21)4-5-12(13)18/h4-8H,1-3H3. The van der Waals surface area contributed by atoms with E-state index in [1.165, 1.54) is 13.0 Å². The predicted octanol–water partition coefficient (Wildman–Crippen LogP) is 4.65. The van der Waals surface area contributed by atoms with Gasteiger partial charge in [-0.1, -0.05) is 11.6 Å². The van der Waals surface area contributed by atoms with Crippen molar-refractivity contribution in [3.05, 3.63) is 52.0 Å². The summed E-state index contributed by atoms with van der Waals surface area (Å²) in [5.74, 6) is -1.40. The summed E-state index contributed by atoms with van der Waals surface area (Å²) in [4.78, 5) is 11.4. The van der Waals surface area contributed by atoms with Crippen LogP contribution in [0.4, 0.5) is 13.2 Å². The summed E-state index contributed by atoms with van der Waals surface area (Å²) >= 11 is 5.89. The minimum Gasteiger partial charge on any atom is -0.465 e. The fourth-order valence-electron chi connectivity index (χ4n) is 2.24. The SMILES string of the molecule is COC(=O)c1cc(S(C)(=O)=O)c(Oc2cc(C(F)(F)F)ccc2Cl)cc1C. The van der Waals surface area contributed by atoms with Crippen molar-refractivity contribution >= 4 is 27.4 Å². The summed E-state index contributed by atoms with van der Waals surface area (Å²) < 4.78 is 72.9. The molecular weight excluding hydrogens is 409 g/mol. The summed E-state index contributed by atoms with van der Waals surface area (Å²) in [5.41, 5.74) is -0.710. The van der Waals surface area contributed by atoms with Crippen molar-refractivity contribution in [3.63, 3.8) is 0 Å². The van der Waals surface area contributed by atoms with Crippen LogP contribution in [0.15, 0.2) is 35.2 Å². The van der Waals surface area contributed by atoms with Gasteiger partial charge in [-0.25, -0.2) is 13.2 Å². The highest BCUT2D eigenvalue weighted by atomic mass is 35.5. The Labute approximate surface area is 158 Å². The number of alkyl halides is 3. The quantitative estimate of drug-likeness (QED) is 0.671. The molecule has 0 spiro atoms. The molecule has 0 aliphatic rings. The molecule has 0 atom stereocenters. The fourth-order valence-corrected chi connectivity index (χ4v) is 3.19. The van der Waals surface area contributed by atoms with Gasteiger partial charge in [0.25, 0.3) is 0 Å². The van der Waals surface area contributed by atoms with Crippen molar-refractivity contribution in [2.75, 3.05) is 13.4 Å². The van der Waals surface area contributed by atoms with Crippen molar-refractivity contribution in [2.24, 2.45) is 0 Å². The molecule has 5 nitrogen and oxygen atoms in total. The summed E-state index contributed by atoms with van der Waals surface area (Å²) in [7, 11) is -2.75. The van der Waals surface area contributed by atoms with E-state index in [2.05, 4.69) is 4.74 Å². The number of ether oxygens (including phenoxy) is 2. The highest BCUT2D eigenvalue weighted by Gasteiger charge is 2.31. The van der Waals surface area contributed by atoms with E-state index >= 15 is 0 Å². The minimum atomic E-state index is -4.63. The van der Waals surface area contributed by atoms with E-state index in [0.717, 1.165) is 31.6 Å². The van der Waals surface area contributed by atoms with Crippen LogP contribution in [0.25, 0.3) is 0 Å². The first-order valence-electron chi connectivity index (χ1n) is 7.32. The molecule has 0 unspecified atom stereocenters. The number of hydrogen-bond acceptors (Lipinski definition) is 5. The van der Waals surface area contributed by atoms with Crippen molar-refractivity contribution in [1.29, 1.82) is 0 Å². The van der Waals surface area contributed by atoms with Crippen LogP contribution < -0.4 is 4.74 Å². The topological polar surface area (TPSA) is 69.7 Å². The normalized spacial score (nSPS) is 12.0. The van der Waals surface area contributed by atoms with Gasteiger partial charge in [-0.05, 0) is 42.8 Å². The van der Waals surface area contributed by atoms with Crippen LogP contribution in [0.1, 0.15) is 21.5 Å². The molecule has 0 radical (unpaired) electrons. The second-order valence-electron chi connectivity index (χ2n) is 5.62. The predicted molar refractivity (Wildman–Crippen MR) is 92.2 cm³/mol. The number of carbonyl (C=O) groups is 1.